The van der Waals surface area contributed by atoms with Gasteiger partial charge in [-0.25, -0.2) is 0 Å². The molecule has 0 fully saturated rings. The topological polar surface area (TPSA) is 35.5 Å². The first-order valence-electron chi connectivity index (χ1n) is 3.64. The minimum atomic E-state index is -1.96. The fourth-order valence-corrected chi connectivity index (χ4v) is 1.25. The van der Waals surface area contributed by atoms with E-state index in [1.807, 2.05) is 34.6 Å². The zero-order valence-electron chi connectivity index (χ0n) is 7.75. The third kappa shape index (κ3) is 7.92. The van der Waals surface area contributed by atoms with Crippen LogP contribution >= 0.6 is 8.25 Å². The highest BCUT2D eigenvalue weighted by molar-refractivity contribution is 7.33. The van der Waals surface area contributed by atoms with E-state index in [2.05, 4.69) is 0 Å². The summed E-state index contributed by atoms with van der Waals surface area (Å²) in [5.74, 6) is 0. The van der Waals surface area contributed by atoms with Gasteiger partial charge in [0.2, 0.25) is 0 Å². The Bertz CT molecular complexity index is 137. The maximum absolute atomic E-state index is 11.0. The summed E-state index contributed by atoms with van der Waals surface area (Å²) >= 11 is 0. The van der Waals surface area contributed by atoms with E-state index < -0.39 is 13.9 Å². The van der Waals surface area contributed by atoms with Crippen molar-refractivity contribution in [3.05, 3.63) is 0 Å². The molecule has 0 aliphatic heterocycles. The average Bonchev–Trinajstić information content (AvgIpc) is 1.53. The van der Waals surface area contributed by atoms with Gasteiger partial charge in [-0.15, -0.1) is 9.05 Å². The predicted octanol–water partition coefficient (Wildman–Crippen LogP) is 2.88. The largest absolute Gasteiger partial charge is 0.698 e. The van der Waals surface area contributed by atoms with Crippen LogP contribution in [0.2, 0.25) is 0 Å². The van der Waals surface area contributed by atoms with E-state index in [1.54, 1.807) is 0 Å². The molecule has 0 heterocycles. The molecule has 66 valence electrons. The van der Waals surface area contributed by atoms with Crippen molar-refractivity contribution in [3.63, 3.8) is 0 Å². The smallest absolute Gasteiger partial charge is 0.116 e. The molecule has 0 saturated heterocycles. The second-order valence-corrected chi connectivity index (χ2v) is 4.42. The molecule has 0 amide bonds. The summed E-state index contributed by atoms with van der Waals surface area (Å²) in [6.45, 7) is 9.15. The predicted molar refractivity (Wildman–Crippen MR) is 44.7 cm³/mol. The lowest BCUT2D eigenvalue weighted by molar-refractivity contribution is 0.0968. The van der Waals surface area contributed by atoms with Crippen LogP contribution in [0.4, 0.5) is 0 Å². The molecule has 0 saturated carbocycles. The average molecular weight is 179 g/mol. The molecule has 0 rings (SSSR count). The van der Waals surface area contributed by atoms with Crippen LogP contribution in [0.25, 0.3) is 0 Å². The standard InChI is InChI=1S/C7H16O3P/c1-6(2)9-11(8)10-7(3,4)5/h6H,1-5H3/q+1. The van der Waals surface area contributed by atoms with Gasteiger partial charge in [-0.2, -0.15) is 0 Å². The Balaban J connectivity index is 3.71. The zero-order chi connectivity index (χ0) is 9.07. The lowest BCUT2D eigenvalue weighted by atomic mass is 10.2. The minimum absolute atomic E-state index is 0.0547. The van der Waals surface area contributed by atoms with Gasteiger partial charge in [0, 0.05) is 4.57 Å². The molecule has 0 aromatic rings. The molecule has 0 N–H and O–H groups in total. The maximum atomic E-state index is 11.0. The lowest BCUT2D eigenvalue weighted by Crippen LogP contribution is -2.15. The molecule has 0 spiro atoms. The van der Waals surface area contributed by atoms with Gasteiger partial charge < -0.3 is 0 Å². The minimum Gasteiger partial charge on any atom is -0.116 e. The molecule has 1 unspecified atom stereocenters. The van der Waals surface area contributed by atoms with Crippen molar-refractivity contribution in [3.8, 4) is 0 Å². The lowest BCUT2D eigenvalue weighted by Gasteiger charge is -2.08. The summed E-state index contributed by atoms with van der Waals surface area (Å²) in [4.78, 5) is 0. The van der Waals surface area contributed by atoms with E-state index in [4.69, 9.17) is 9.05 Å². The summed E-state index contributed by atoms with van der Waals surface area (Å²) in [5.41, 5.74) is -0.400. The highest BCUT2D eigenvalue weighted by Gasteiger charge is 2.30. The Kier molecular flexibility index (Phi) is 4.16. The summed E-state index contributed by atoms with van der Waals surface area (Å²) in [5, 5.41) is 0. The van der Waals surface area contributed by atoms with Crippen molar-refractivity contribution in [2.45, 2.75) is 46.3 Å². The van der Waals surface area contributed by atoms with Gasteiger partial charge in [0.15, 0.2) is 0 Å². The van der Waals surface area contributed by atoms with Gasteiger partial charge >= 0.3 is 8.25 Å². The van der Waals surface area contributed by atoms with Crippen molar-refractivity contribution in [2.75, 3.05) is 0 Å². The fraction of sp³-hybridized carbons (Fsp3) is 1.00. The molecular weight excluding hydrogens is 163 g/mol. The van der Waals surface area contributed by atoms with Gasteiger partial charge in [0.1, 0.15) is 11.7 Å². The Morgan fingerprint density at radius 3 is 2.00 bits per heavy atom. The first-order chi connectivity index (χ1) is 4.81. The second kappa shape index (κ2) is 4.15. The van der Waals surface area contributed by atoms with Crippen LogP contribution in [-0.2, 0) is 13.6 Å². The van der Waals surface area contributed by atoms with Crippen molar-refractivity contribution in [2.24, 2.45) is 0 Å². The monoisotopic (exact) mass is 179 g/mol. The number of rotatable bonds is 3. The van der Waals surface area contributed by atoms with Crippen LogP contribution in [0.5, 0.6) is 0 Å². The summed E-state index contributed by atoms with van der Waals surface area (Å²) < 4.78 is 20.9. The van der Waals surface area contributed by atoms with E-state index in [0.717, 1.165) is 0 Å². The number of hydrogen-bond acceptors (Lipinski definition) is 3. The summed E-state index contributed by atoms with van der Waals surface area (Å²) in [7, 11) is -1.96. The molecule has 0 bridgehead atoms. The van der Waals surface area contributed by atoms with Crippen LogP contribution in [0.15, 0.2) is 0 Å². The fourth-order valence-electron chi connectivity index (χ4n) is 0.417. The van der Waals surface area contributed by atoms with E-state index in [1.165, 1.54) is 0 Å². The third-order valence-electron chi connectivity index (χ3n) is 0.645. The summed E-state index contributed by atoms with van der Waals surface area (Å²) in [6, 6.07) is 0. The summed E-state index contributed by atoms with van der Waals surface area (Å²) in [6.07, 6.45) is -0.0547. The van der Waals surface area contributed by atoms with Crippen molar-refractivity contribution < 1.29 is 13.6 Å². The van der Waals surface area contributed by atoms with Gasteiger partial charge in [0.05, 0.1) is 0 Å². The van der Waals surface area contributed by atoms with Gasteiger partial charge in [-0.3, -0.25) is 0 Å². The molecule has 4 heteroatoms. The Labute approximate surface area is 69.0 Å². The molecular formula is C7H16O3P+. The zero-order valence-corrected chi connectivity index (χ0v) is 8.64. The molecule has 3 nitrogen and oxygen atoms in total. The van der Waals surface area contributed by atoms with Crippen molar-refractivity contribution >= 4 is 8.25 Å². The van der Waals surface area contributed by atoms with Crippen LogP contribution < -0.4 is 0 Å². The van der Waals surface area contributed by atoms with Crippen LogP contribution in [0.1, 0.15) is 34.6 Å². The van der Waals surface area contributed by atoms with E-state index in [-0.39, 0.29) is 6.10 Å². The van der Waals surface area contributed by atoms with Crippen LogP contribution in [0.3, 0.4) is 0 Å². The van der Waals surface area contributed by atoms with Crippen LogP contribution in [-0.4, -0.2) is 11.7 Å². The molecule has 0 aliphatic carbocycles. The maximum Gasteiger partial charge on any atom is 0.698 e. The van der Waals surface area contributed by atoms with E-state index in [0.29, 0.717) is 0 Å². The van der Waals surface area contributed by atoms with Gasteiger partial charge in [-0.1, -0.05) is 0 Å². The molecule has 11 heavy (non-hydrogen) atoms. The van der Waals surface area contributed by atoms with Gasteiger partial charge in [0.25, 0.3) is 0 Å². The molecule has 0 aromatic carbocycles. The first kappa shape index (κ1) is 11.0. The van der Waals surface area contributed by atoms with Crippen molar-refractivity contribution in [1.82, 2.24) is 0 Å². The Morgan fingerprint density at radius 2 is 1.73 bits per heavy atom. The Morgan fingerprint density at radius 1 is 1.27 bits per heavy atom. The van der Waals surface area contributed by atoms with Gasteiger partial charge in [-0.05, 0) is 34.6 Å². The highest BCUT2D eigenvalue weighted by atomic mass is 31.1. The van der Waals surface area contributed by atoms with Crippen molar-refractivity contribution in [1.29, 1.82) is 0 Å². The van der Waals surface area contributed by atoms with E-state index >= 15 is 0 Å². The molecule has 1 atom stereocenters. The molecule has 0 aliphatic rings. The normalized spacial score (nSPS) is 13.8. The van der Waals surface area contributed by atoms with Crippen LogP contribution in [0, 0.1) is 0 Å². The molecule has 0 aromatic heterocycles. The number of hydrogen-bond donors (Lipinski definition) is 0. The SMILES string of the molecule is CC(C)O[P+](=O)OC(C)(C)C. The highest BCUT2D eigenvalue weighted by Crippen LogP contribution is 2.31. The third-order valence-corrected chi connectivity index (χ3v) is 1.94. The Hall–Kier alpha value is 0.0200. The first-order valence-corrected chi connectivity index (χ1v) is 4.74. The second-order valence-electron chi connectivity index (χ2n) is 3.58. The van der Waals surface area contributed by atoms with E-state index in [9.17, 15) is 4.57 Å². The molecule has 0 radical (unpaired) electrons. The quantitative estimate of drug-likeness (QED) is 0.625.